The predicted molar refractivity (Wildman–Crippen MR) is 132 cm³/mol. The van der Waals surface area contributed by atoms with Crippen molar-refractivity contribution in [1.29, 1.82) is 0 Å². The minimum atomic E-state index is -3.62. The van der Waals surface area contributed by atoms with Crippen LogP contribution in [0.25, 0.3) is 0 Å². The Bertz CT molecular complexity index is 1040. The van der Waals surface area contributed by atoms with Crippen molar-refractivity contribution in [2.75, 3.05) is 20.7 Å². The van der Waals surface area contributed by atoms with Gasteiger partial charge >= 0.3 is 0 Å². The highest BCUT2D eigenvalue weighted by atomic mass is 32.2. The van der Waals surface area contributed by atoms with Gasteiger partial charge in [-0.2, -0.15) is 0 Å². The van der Waals surface area contributed by atoms with Crippen LogP contribution in [0.2, 0.25) is 0 Å². The number of hydrogen-bond acceptors (Lipinski definition) is 5. The number of methoxy groups -OCH3 is 1. The molecule has 2 aromatic rings. The molecule has 0 spiro atoms. The zero-order valence-electron chi connectivity index (χ0n) is 20.5. The van der Waals surface area contributed by atoms with Crippen molar-refractivity contribution in [3.63, 3.8) is 0 Å². The summed E-state index contributed by atoms with van der Waals surface area (Å²) in [5, 5.41) is 2.85. The fraction of sp³-hybridized carbons (Fsp3) is 0.440. The standard InChI is InChI=1S/C25H35N3O5S/c1-19(2)26-25(30)20(3)28(18-21-13-15-22(33-5)16-14-21)24(29)12-9-17-27(4)34(31,32)23-10-7-6-8-11-23/h6-8,10-11,13-16,19-20H,9,12,17-18H2,1-5H3,(H,26,30). The number of sulfonamides is 1. The van der Waals surface area contributed by atoms with Crippen molar-refractivity contribution in [3.05, 3.63) is 60.2 Å². The summed E-state index contributed by atoms with van der Waals surface area (Å²) in [5.74, 6) is 0.253. The number of amides is 2. The zero-order valence-corrected chi connectivity index (χ0v) is 21.3. The highest BCUT2D eigenvalue weighted by molar-refractivity contribution is 7.89. The smallest absolute Gasteiger partial charge is 0.242 e. The van der Waals surface area contributed by atoms with Gasteiger partial charge in [0.15, 0.2) is 0 Å². The molecule has 0 saturated heterocycles. The second kappa shape index (κ2) is 12.5. The van der Waals surface area contributed by atoms with Crippen molar-refractivity contribution in [2.24, 2.45) is 0 Å². The van der Waals surface area contributed by atoms with E-state index in [9.17, 15) is 18.0 Å². The molecular weight excluding hydrogens is 454 g/mol. The molecule has 34 heavy (non-hydrogen) atoms. The Hall–Kier alpha value is -2.91. The van der Waals surface area contributed by atoms with E-state index in [1.165, 1.54) is 16.3 Å². The first kappa shape index (κ1) is 27.3. The van der Waals surface area contributed by atoms with Crippen molar-refractivity contribution in [3.8, 4) is 5.75 Å². The number of nitrogens with one attached hydrogen (secondary N) is 1. The lowest BCUT2D eigenvalue weighted by Crippen LogP contribution is -2.49. The fourth-order valence-corrected chi connectivity index (χ4v) is 4.63. The largest absolute Gasteiger partial charge is 0.497 e. The molecule has 8 nitrogen and oxygen atoms in total. The minimum Gasteiger partial charge on any atom is -0.497 e. The molecule has 0 aromatic heterocycles. The Morgan fingerprint density at radius 3 is 2.18 bits per heavy atom. The molecule has 0 saturated carbocycles. The normalized spacial score (nSPS) is 12.4. The molecule has 1 atom stereocenters. The van der Waals surface area contributed by atoms with E-state index in [0.717, 1.165) is 5.56 Å². The lowest BCUT2D eigenvalue weighted by atomic mass is 10.1. The first-order valence-corrected chi connectivity index (χ1v) is 12.7. The third-order valence-corrected chi connectivity index (χ3v) is 7.30. The second-order valence-corrected chi connectivity index (χ2v) is 10.5. The van der Waals surface area contributed by atoms with E-state index in [-0.39, 0.29) is 42.3 Å². The van der Waals surface area contributed by atoms with Gasteiger partial charge < -0.3 is 15.0 Å². The van der Waals surface area contributed by atoms with Crippen LogP contribution in [-0.2, 0) is 26.2 Å². The van der Waals surface area contributed by atoms with Gasteiger partial charge in [-0.05, 0) is 57.0 Å². The van der Waals surface area contributed by atoms with Crippen LogP contribution < -0.4 is 10.1 Å². The molecule has 0 bridgehead atoms. The van der Waals surface area contributed by atoms with Gasteiger partial charge in [0.05, 0.1) is 12.0 Å². The molecule has 2 aromatic carbocycles. The van der Waals surface area contributed by atoms with Gasteiger partial charge in [0.2, 0.25) is 21.8 Å². The Morgan fingerprint density at radius 1 is 1.00 bits per heavy atom. The van der Waals surface area contributed by atoms with Gasteiger partial charge in [-0.1, -0.05) is 30.3 Å². The average Bonchev–Trinajstić information content (AvgIpc) is 2.82. The summed E-state index contributed by atoms with van der Waals surface area (Å²) in [4.78, 5) is 27.5. The molecule has 2 rings (SSSR count). The van der Waals surface area contributed by atoms with E-state index in [4.69, 9.17) is 4.74 Å². The third kappa shape index (κ3) is 7.56. The number of carbonyl (C=O) groups excluding carboxylic acids is 2. The van der Waals surface area contributed by atoms with Crippen LogP contribution in [0.4, 0.5) is 0 Å². The van der Waals surface area contributed by atoms with E-state index < -0.39 is 16.1 Å². The molecule has 186 valence electrons. The lowest BCUT2D eigenvalue weighted by Gasteiger charge is -2.29. The summed E-state index contributed by atoms with van der Waals surface area (Å²) < 4.78 is 31.8. The van der Waals surface area contributed by atoms with E-state index in [1.807, 2.05) is 26.0 Å². The Morgan fingerprint density at radius 2 is 1.62 bits per heavy atom. The van der Waals surface area contributed by atoms with Crippen molar-refractivity contribution >= 4 is 21.8 Å². The summed E-state index contributed by atoms with van der Waals surface area (Å²) >= 11 is 0. The fourth-order valence-electron chi connectivity index (χ4n) is 3.40. The third-order valence-electron chi connectivity index (χ3n) is 5.43. The number of carbonyl (C=O) groups is 2. The molecule has 1 N–H and O–H groups in total. The van der Waals surface area contributed by atoms with E-state index in [1.54, 1.807) is 56.5 Å². The maximum absolute atomic E-state index is 13.2. The molecular formula is C25H35N3O5S. The van der Waals surface area contributed by atoms with Crippen LogP contribution in [-0.4, -0.2) is 62.2 Å². The summed E-state index contributed by atoms with van der Waals surface area (Å²) in [7, 11) is -0.541. The Balaban J connectivity index is 2.08. The van der Waals surface area contributed by atoms with Crippen molar-refractivity contribution in [2.45, 2.75) is 57.1 Å². The van der Waals surface area contributed by atoms with Crippen LogP contribution in [0.15, 0.2) is 59.5 Å². The van der Waals surface area contributed by atoms with Gasteiger partial charge in [0, 0.05) is 32.6 Å². The monoisotopic (exact) mass is 489 g/mol. The van der Waals surface area contributed by atoms with Crippen LogP contribution in [0.5, 0.6) is 5.75 Å². The number of nitrogens with zero attached hydrogens (tertiary/aromatic N) is 2. The molecule has 0 heterocycles. The summed E-state index contributed by atoms with van der Waals surface area (Å²) in [6, 6.07) is 14.8. The number of benzene rings is 2. The Labute approximate surface area is 202 Å². The quantitative estimate of drug-likeness (QED) is 0.494. The molecule has 1 unspecified atom stereocenters. The van der Waals surface area contributed by atoms with Gasteiger partial charge in [-0.25, -0.2) is 12.7 Å². The van der Waals surface area contributed by atoms with E-state index in [2.05, 4.69) is 5.32 Å². The van der Waals surface area contributed by atoms with Crippen LogP contribution in [0.1, 0.15) is 39.2 Å². The zero-order chi connectivity index (χ0) is 25.3. The maximum atomic E-state index is 13.2. The molecule has 2 amide bonds. The van der Waals surface area contributed by atoms with Gasteiger partial charge in [0.1, 0.15) is 11.8 Å². The highest BCUT2D eigenvalue weighted by Gasteiger charge is 2.27. The first-order valence-electron chi connectivity index (χ1n) is 11.3. The molecule has 0 fully saturated rings. The van der Waals surface area contributed by atoms with Gasteiger partial charge in [-0.3, -0.25) is 9.59 Å². The molecule has 0 radical (unpaired) electrons. The summed E-state index contributed by atoms with van der Waals surface area (Å²) in [6.45, 7) is 5.87. The van der Waals surface area contributed by atoms with Gasteiger partial charge in [-0.15, -0.1) is 0 Å². The first-order chi connectivity index (χ1) is 16.1. The van der Waals surface area contributed by atoms with Crippen molar-refractivity contribution in [1.82, 2.24) is 14.5 Å². The molecule has 0 aliphatic heterocycles. The van der Waals surface area contributed by atoms with E-state index in [0.29, 0.717) is 12.2 Å². The highest BCUT2D eigenvalue weighted by Crippen LogP contribution is 2.17. The van der Waals surface area contributed by atoms with Crippen LogP contribution in [0.3, 0.4) is 0 Å². The number of hydrogen-bond donors (Lipinski definition) is 1. The lowest BCUT2D eigenvalue weighted by molar-refractivity contribution is -0.140. The number of rotatable bonds is 12. The Kier molecular flexibility index (Phi) is 10.1. The van der Waals surface area contributed by atoms with Crippen LogP contribution in [0, 0.1) is 0 Å². The van der Waals surface area contributed by atoms with Crippen molar-refractivity contribution < 1.29 is 22.7 Å². The summed E-state index contributed by atoms with van der Waals surface area (Å²) in [6.07, 6.45) is 0.448. The van der Waals surface area contributed by atoms with Gasteiger partial charge in [0.25, 0.3) is 0 Å². The topological polar surface area (TPSA) is 96.0 Å². The SMILES string of the molecule is COc1ccc(CN(C(=O)CCCN(C)S(=O)(=O)c2ccccc2)C(C)C(=O)NC(C)C)cc1. The van der Waals surface area contributed by atoms with E-state index >= 15 is 0 Å². The van der Waals surface area contributed by atoms with Crippen LogP contribution >= 0.6 is 0 Å². The molecule has 0 aliphatic rings. The predicted octanol–water partition coefficient (Wildman–Crippen LogP) is 3.04. The molecule has 0 aliphatic carbocycles. The summed E-state index contributed by atoms with van der Waals surface area (Å²) in [5.41, 5.74) is 0.863. The molecule has 9 heteroatoms. The second-order valence-electron chi connectivity index (χ2n) is 8.45. The average molecular weight is 490 g/mol. The maximum Gasteiger partial charge on any atom is 0.242 e. The minimum absolute atomic E-state index is 0.0512. The number of ether oxygens (including phenoxy) is 1.